The number of amidine groups is 1. The van der Waals surface area contributed by atoms with E-state index in [1.165, 1.54) is 0 Å². The molecular weight excluding hydrogens is 237 g/mol. The molecule has 0 aromatic heterocycles. The van der Waals surface area contributed by atoms with Crippen LogP contribution in [0.15, 0.2) is 24.3 Å². The van der Waals surface area contributed by atoms with Crippen molar-refractivity contribution in [3.05, 3.63) is 29.8 Å². The molecule has 0 bridgehead atoms. The number of rotatable bonds is 4. The molecule has 0 amide bonds. The van der Waals surface area contributed by atoms with Crippen molar-refractivity contribution in [2.45, 2.75) is 0 Å². The fraction of sp³-hybridized carbons (Fsp3) is 0.222. The Morgan fingerprint density at radius 3 is 2.53 bits per heavy atom. The van der Waals surface area contributed by atoms with Crippen LogP contribution in [-0.4, -0.2) is 19.0 Å². The molecule has 0 aliphatic carbocycles. The molecule has 15 heavy (non-hydrogen) atoms. The predicted octanol–water partition coefficient (Wildman–Crippen LogP) is 1.15. The van der Waals surface area contributed by atoms with E-state index < -0.39 is 0 Å². The lowest BCUT2D eigenvalue weighted by molar-refractivity contribution is 0.328. The van der Waals surface area contributed by atoms with E-state index in [9.17, 15) is 0 Å². The molecule has 0 spiro atoms. The van der Waals surface area contributed by atoms with Gasteiger partial charge in [0.05, 0.1) is 0 Å². The van der Waals surface area contributed by atoms with Gasteiger partial charge in [0.15, 0.2) is 0 Å². The second-order valence-corrected chi connectivity index (χ2v) is 2.58. The molecule has 0 atom stereocenters. The minimum absolute atomic E-state index is 0. The Balaban J connectivity index is 0. The van der Waals surface area contributed by atoms with E-state index >= 15 is 0 Å². The van der Waals surface area contributed by atoms with Gasteiger partial charge in [-0.15, -0.1) is 24.8 Å². The summed E-state index contributed by atoms with van der Waals surface area (Å²) < 4.78 is 5.27. The lowest BCUT2D eigenvalue weighted by atomic mass is 10.2. The summed E-state index contributed by atoms with van der Waals surface area (Å²) in [5.74, 6) is 0.733. The maximum Gasteiger partial charge on any atom is 0.122 e. The Labute approximate surface area is 101 Å². The highest BCUT2D eigenvalue weighted by molar-refractivity contribution is 5.95. The minimum atomic E-state index is 0. The highest BCUT2D eigenvalue weighted by Crippen LogP contribution is 2.12. The van der Waals surface area contributed by atoms with Crippen LogP contribution in [-0.2, 0) is 0 Å². The van der Waals surface area contributed by atoms with Gasteiger partial charge in [0.25, 0.3) is 0 Å². The fourth-order valence-electron chi connectivity index (χ4n) is 0.930. The highest BCUT2D eigenvalue weighted by Gasteiger charge is 1.98. The molecule has 0 heterocycles. The molecule has 6 heteroatoms. The minimum Gasteiger partial charge on any atom is -0.492 e. The van der Waals surface area contributed by atoms with Crippen LogP contribution in [0.1, 0.15) is 5.56 Å². The quantitative estimate of drug-likeness (QED) is 0.555. The first kappa shape index (κ1) is 16.5. The lowest BCUT2D eigenvalue weighted by Gasteiger charge is -2.05. The zero-order valence-corrected chi connectivity index (χ0v) is 9.74. The molecule has 1 aromatic rings. The van der Waals surface area contributed by atoms with Gasteiger partial charge in [0.1, 0.15) is 18.2 Å². The smallest absolute Gasteiger partial charge is 0.122 e. The molecule has 1 aromatic carbocycles. The molecule has 0 aliphatic heterocycles. The number of hydrogen-bond donors (Lipinski definition) is 3. The standard InChI is InChI=1S/C9H13N3O.2ClH/c10-4-5-13-8-3-1-2-7(6-8)9(11)12;;/h1-3,6H,4-5,10H2,(H3,11,12);2*1H. The van der Waals surface area contributed by atoms with Gasteiger partial charge in [-0.2, -0.15) is 0 Å². The summed E-state index contributed by atoms with van der Waals surface area (Å²) >= 11 is 0. The van der Waals surface area contributed by atoms with Crippen LogP contribution in [0.4, 0.5) is 0 Å². The van der Waals surface area contributed by atoms with Crippen molar-refractivity contribution in [2.75, 3.05) is 13.2 Å². The molecule has 0 radical (unpaired) electrons. The lowest BCUT2D eigenvalue weighted by Crippen LogP contribution is -2.13. The number of hydrogen-bond acceptors (Lipinski definition) is 3. The van der Waals surface area contributed by atoms with Crippen LogP contribution in [0, 0.1) is 5.41 Å². The van der Waals surface area contributed by atoms with E-state index in [1.807, 2.05) is 6.07 Å². The maximum atomic E-state index is 7.21. The molecule has 86 valence electrons. The highest BCUT2D eigenvalue weighted by atomic mass is 35.5. The number of nitrogen functional groups attached to an aromatic ring is 1. The molecule has 0 saturated carbocycles. The monoisotopic (exact) mass is 251 g/mol. The zero-order chi connectivity index (χ0) is 9.68. The predicted molar refractivity (Wildman–Crippen MR) is 66.5 cm³/mol. The number of ether oxygens (including phenoxy) is 1. The van der Waals surface area contributed by atoms with Crippen LogP contribution in [0.3, 0.4) is 0 Å². The molecule has 4 nitrogen and oxygen atoms in total. The van der Waals surface area contributed by atoms with Gasteiger partial charge < -0.3 is 16.2 Å². The molecule has 0 aliphatic rings. The maximum absolute atomic E-state index is 7.21. The van der Waals surface area contributed by atoms with Gasteiger partial charge in [0.2, 0.25) is 0 Å². The van der Waals surface area contributed by atoms with Crippen molar-refractivity contribution < 1.29 is 4.74 Å². The third-order valence-corrected chi connectivity index (χ3v) is 1.53. The second-order valence-electron chi connectivity index (χ2n) is 2.58. The Hall–Kier alpha value is -0.970. The second kappa shape index (κ2) is 8.35. The topological polar surface area (TPSA) is 85.1 Å². The number of halogens is 2. The van der Waals surface area contributed by atoms with Crippen molar-refractivity contribution in [2.24, 2.45) is 11.5 Å². The third-order valence-electron chi connectivity index (χ3n) is 1.53. The van der Waals surface area contributed by atoms with Crippen molar-refractivity contribution in [3.8, 4) is 5.75 Å². The Morgan fingerprint density at radius 2 is 2.00 bits per heavy atom. The number of nitrogens with one attached hydrogen (secondary N) is 1. The third kappa shape index (κ3) is 5.47. The van der Waals surface area contributed by atoms with Crippen LogP contribution >= 0.6 is 24.8 Å². The normalized spacial score (nSPS) is 8.33. The van der Waals surface area contributed by atoms with E-state index in [2.05, 4.69) is 0 Å². The first-order chi connectivity index (χ1) is 6.24. The number of nitrogens with two attached hydrogens (primary N) is 2. The summed E-state index contributed by atoms with van der Waals surface area (Å²) in [6.07, 6.45) is 0. The van der Waals surface area contributed by atoms with E-state index in [4.69, 9.17) is 21.6 Å². The summed E-state index contributed by atoms with van der Waals surface area (Å²) in [6.45, 7) is 0.950. The molecule has 5 N–H and O–H groups in total. The Bertz CT molecular complexity index is 307. The Kier molecular flexibility index (Phi) is 9.16. The van der Waals surface area contributed by atoms with Crippen molar-refractivity contribution in [1.29, 1.82) is 5.41 Å². The van der Waals surface area contributed by atoms with Gasteiger partial charge in [-0.1, -0.05) is 12.1 Å². The SMILES string of the molecule is Cl.Cl.N=C(N)c1cccc(OCCN)c1. The van der Waals surface area contributed by atoms with E-state index in [0.717, 1.165) is 0 Å². The van der Waals surface area contributed by atoms with Crippen molar-refractivity contribution in [3.63, 3.8) is 0 Å². The average Bonchev–Trinajstić information content (AvgIpc) is 2.15. The summed E-state index contributed by atoms with van der Waals surface area (Å²) in [5.41, 5.74) is 11.3. The van der Waals surface area contributed by atoms with Crippen molar-refractivity contribution in [1.82, 2.24) is 0 Å². The summed E-state index contributed by atoms with van der Waals surface area (Å²) in [5, 5.41) is 7.21. The summed E-state index contributed by atoms with van der Waals surface area (Å²) in [6, 6.07) is 7.08. The molecule has 0 unspecified atom stereocenters. The summed E-state index contributed by atoms with van der Waals surface area (Å²) in [4.78, 5) is 0. The van der Waals surface area contributed by atoms with E-state index in [-0.39, 0.29) is 30.6 Å². The number of benzene rings is 1. The first-order valence-corrected chi connectivity index (χ1v) is 4.01. The van der Waals surface area contributed by atoms with Gasteiger partial charge in [-0.05, 0) is 12.1 Å². The average molecular weight is 252 g/mol. The van der Waals surface area contributed by atoms with E-state index in [0.29, 0.717) is 24.5 Å². The molecule has 0 fully saturated rings. The van der Waals surface area contributed by atoms with Crippen LogP contribution in [0.5, 0.6) is 5.75 Å². The van der Waals surface area contributed by atoms with Gasteiger partial charge in [-0.25, -0.2) is 0 Å². The van der Waals surface area contributed by atoms with E-state index in [1.54, 1.807) is 18.2 Å². The van der Waals surface area contributed by atoms with Gasteiger partial charge in [0, 0.05) is 12.1 Å². The molecule has 1 rings (SSSR count). The van der Waals surface area contributed by atoms with Crippen LogP contribution in [0.2, 0.25) is 0 Å². The first-order valence-electron chi connectivity index (χ1n) is 4.01. The van der Waals surface area contributed by atoms with Crippen molar-refractivity contribution >= 4 is 30.6 Å². The van der Waals surface area contributed by atoms with Crippen LogP contribution in [0.25, 0.3) is 0 Å². The van der Waals surface area contributed by atoms with Gasteiger partial charge in [-0.3, -0.25) is 5.41 Å². The van der Waals surface area contributed by atoms with Gasteiger partial charge >= 0.3 is 0 Å². The molecular formula is C9H15Cl2N3O. The van der Waals surface area contributed by atoms with Crippen LogP contribution < -0.4 is 16.2 Å². The summed E-state index contributed by atoms with van der Waals surface area (Å²) in [7, 11) is 0. The Morgan fingerprint density at radius 1 is 1.33 bits per heavy atom. The largest absolute Gasteiger partial charge is 0.492 e. The fourth-order valence-corrected chi connectivity index (χ4v) is 0.930. The zero-order valence-electron chi connectivity index (χ0n) is 8.10. The molecule has 0 saturated heterocycles.